The molecule has 4 rings (SSSR count). The van der Waals surface area contributed by atoms with Crippen molar-refractivity contribution in [3.63, 3.8) is 0 Å². The second-order valence-electron chi connectivity index (χ2n) is 5.65. The first kappa shape index (κ1) is 11.0. The summed E-state index contributed by atoms with van der Waals surface area (Å²) in [5.41, 5.74) is 0. The Hall–Kier alpha value is -2.69. The zero-order valence-electron chi connectivity index (χ0n) is 18.6. The van der Waals surface area contributed by atoms with Crippen LogP contribution in [0.4, 0.5) is 0 Å². The first-order chi connectivity index (χ1) is 14.5. The van der Waals surface area contributed by atoms with Crippen molar-refractivity contribution < 1.29 is 6.85 Å². The highest BCUT2D eigenvalue weighted by atomic mass is 31.2. The van der Waals surface area contributed by atoms with E-state index in [0.29, 0.717) is 5.30 Å². The maximum absolute atomic E-state index is 8.79. The smallest absolute Gasteiger partial charge is 0.0620 e. The molecule has 120 valence electrons. The fourth-order valence-corrected chi connectivity index (χ4v) is 7.17. The average molecular weight is 344 g/mol. The fourth-order valence-electron chi connectivity index (χ4n) is 3.20. The first-order valence-electron chi connectivity index (χ1n) is 10.6. The minimum Gasteiger partial charge on any atom is -0.0620 e. The number of rotatable bonds is 4. The summed E-state index contributed by atoms with van der Waals surface area (Å²) in [6.45, 7) is 0. The van der Waals surface area contributed by atoms with Gasteiger partial charge in [-0.3, -0.25) is 0 Å². The van der Waals surface area contributed by atoms with Crippen molar-refractivity contribution in [3.05, 3.63) is 121 Å². The van der Waals surface area contributed by atoms with Crippen LogP contribution in [-0.4, -0.2) is 0 Å². The summed E-state index contributed by atoms with van der Waals surface area (Å²) in [5, 5.41) is 3.19. The minimum absolute atomic E-state index is 0.147. The Balaban J connectivity index is 2.27. The van der Waals surface area contributed by atoms with Crippen molar-refractivity contribution in [1.82, 2.24) is 0 Å². The molecule has 1 heteroatoms. The highest BCUT2D eigenvalue weighted by Gasteiger charge is 2.47. The van der Waals surface area contributed by atoms with E-state index in [1.54, 1.807) is 0 Å². The van der Waals surface area contributed by atoms with Gasteiger partial charge in [0, 0.05) is 0 Å². The molecule has 25 heavy (non-hydrogen) atoms. The predicted octanol–water partition coefficient (Wildman–Crippen LogP) is 4.31. The van der Waals surface area contributed by atoms with Crippen molar-refractivity contribution in [2.45, 2.75) is 0 Å². The van der Waals surface area contributed by atoms with Gasteiger partial charge in [0.1, 0.15) is 28.5 Å². The first-order valence-corrected chi connectivity index (χ1v) is 9.92. The SMILES string of the molecule is [2H]c1c([2H])c([2H])c([P+](c2ccccc2)(c2ccccc2)c2ccccc2)c([2H])c1[2H]. The minimum atomic E-state index is -2.75. The second-order valence-corrected chi connectivity index (χ2v) is 8.99. The van der Waals surface area contributed by atoms with Crippen LogP contribution in [0.25, 0.3) is 0 Å². The van der Waals surface area contributed by atoms with Crippen LogP contribution in [0.1, 0.15) is 6.85 Å². The van der Waals surface area contributed by atoms with Gasteiger partial charge in [-0.05, 0) is 48.5 Å². The summed E-state index contributed by atoms with van der Waals surface area (Å²) in [5.74, 6) is 0. The molecule has 0 radical (unpaired) electrons. The highest BCUT2D eigenvalue weighted by molar-refractivity contribution is 8.01. The summed E-state index contributed by atoms with van der Waals surface area (Å²) in [7, 11) is -2.75. The Bertz CT molecular complexity index is 1050. The molecule has 0 unspecified atom stereocenters. The molecule has 0 bridgehead atoms. The highest BCUT2D eigenvalue weighted by Crippen LogP contribution is 2.53. The molecule has 0 N–H and O–H groups in total. The molecule has 0 aliphatic carbocycles. The number of hydrogen-bond acceptors (Lipinski definition) is 0. The maximum Gasteiger partial charge on any atom is 0.144 e. The lowest BCUT2D eigenvalue weighted by molar-refractivity contribution is 1.71. The van der Waals surface area contributed by atoms with E-state index in [1.165, 1.54) is 0 Å². The molecule has 0 heterocycles. The molecule has 0 saturated carbocycles. The second kappa shape index (κ2) is 7.05. The lowest BCUT2D eigenvalue weighted by Gasteiger charge is -2.27. The third-order valence-electron chi connectivity index (χ3n) is 4.25. The van der Waals surface area contributed by atoms with Gasteiger partial charge in [-0.25, -0.2) is 0 Å². The van der Waals surface area contributed by atoms with Gasteiger partial charge in [-0.2, -0.15) is 0 Å². The van der Waals surface area contributed by atoms with Crippen LogP contribution in [0.5, 0.6) is 0 Å². The molecule has 0 saturated heterocycles. The molecular formula is C24H20P+. The molecule has 0 nitrogen and oxygen atoms in total. The lowest BCUT2D eigenvalue weighted by Crippen LogP contribution is -2.38. The Morgan fingerprint density at radius 1 is 0.440 bits per heavy atom. The fraction of sp³-hybridized carbons (Fsp3) is 0. The Morgan fingerprint density at radius 2 is 0.800 bits per heavy atom. The molecule has 0 amide bonds. The summed E-state index contributed by atoms with van der Waals surface area (Å²) >= 11 is 0. The van der Waals surface area contributed by atoms with Gasteiger partial charge < -0.3 is 0 Å². The monoisotopic (exact) mass is 344 g/mol. The van der Waals surface area contributed by atoms with Crippen LogP contribution in [0.3, 0.4) is 0 Å². The Morgan fingerprint density at radius 3 is 1.16 bits per heavy atom. The van der Waals surface area contributed by atoms with Crippen LogP contribution < -0.4 is 21.2 Å². The van der Waals surface area contributed by atoms with Crippen LogP contribution >= 0.6 is 7.26 Å². The molecule has 0 fully saturated rings. The third-order valence-corrected chi connectivity index (χ3v) is 8.37. The van der Waals surface area contributed by atoms with E-state index in [9.17, 15) is 0 Å². The third kappa shape index (κ3) is 2.80. The van der Waals surface area contributed by atoms with Crippen LogP contribution in [-0.2, 0) is 0 Å². The Labute approximate surface area is 157 Å². The van der Waals surface area contributed by atoms with Gasteiger partial charge in [0.2, 0.25) is 0 Å². The van der Waals surface area contributed by atoms with Crippen LogP contribution in [0, 0.1) is 0 Å². The van der Waals surface area contributed by atoms with Gasteiger partial charge in [-0.1, -0.05) is 72.7 Å². The molecule has 0 spiro atoms. The van der Waals surface area contributed by atoms with Gasteiger partial charge in [0.05, 0.1) is 6.85 Å². The van der Waals surface area contributed by atoms with Crippen molar-refractivity contribution in [2.24, 2.45) is 0 Å². The van der Waals surface area contributed by atoms with E-state index < -0.39 is 7.26 Å². The van der Waals surface area contributed by atoms with E-state index in [4.69, 9.17) is 6.85 Å². The van der Waals surface area contributed by atoms with Crippen LogP contribution in [0.15, 0.2) is 121 Å². The van der Waals surface area contributed by atoms with E-state index in [0.717, 1.165) is 15.9 Å². The van der Waals surface area contributed by atoms with Crippen molar-refractivity contribution in [1.29, 1.82) is 0 Å². The lowest BCUT2D eigenvalue weighted by atomic mass is 10.3. The zero-order chi connectivity index (χ0) is 21.3. The Kier molecular flexibility index (Phi) is 3.11. The van der Waals surface area contributed by atoms with Gasteiger partial charge >= 0.3 is 0 Å². The maximum atomic E-state index is 8.79. The topological polar surface area (TPSA) is 0 Å². The molecular weight excluding hydrogens is 319 g/mol. The summed E-state index contributed by atoms with van der Waals surface area (Å²) < 4.78 is 42.3. The van der Waals surface area contributed by atoms with Crippen molar-refractivity contribution >= 4 is 28.5 Å². The zero-order valence-corrected chi connectivity index (χ0v) is 14.5. The number of hydrogen-bond donors (Lipinski definition) is 0. The summed E-state index contributed by atoms with van der Waals surface area (Å²) in [6.07, 6.45) is 0. The molecule has 0 aromatic heterocycles. The largest absolute Gasteiger partial charge is 0.144 e. The predicted molar refractivity (Wildman–Crippen MR) is 111 cm³/mol. The van der Waals surface area contributed by atoms with Crippen molar-refractivity contribution in [2.75, 3.05) is 0 Å². The van der Waals surface area contributed by atoms with E-state index >= 15 is 0 Å². The standard InChI is InChI=1S/C24H20P/c1-5-13-21(14-6-1)25(22-15-7-2-8-16-22,23-17-9-3-10-18-23)24-19-11-4-12-20-24/h1-20H/q+1/i1D,5D,6D,13D,14D. The summed E-state index contributed by atoms with van der Waals surface area (Å²) in [6, 6.07) is 28.1. The number of benzene rings is 4. The average Bonchev–Trinajstić information content (AvgIpc) is 2.81. The van der Waals surface area contributed by atoms with Crippen molar-refractivity contribution in [3.8, 4) is 0 Å². The molecule has 4 aromatic rings. The van der Waals surface area contributed by atoms with E-state index in [2.05, 4.69) is 0 Å². The van der Waals surface area contributed by atoms with Gasteiger partial charge in [0.25, 0.3) is 0 Å². The quantitative estimate of drug-likeness (QED) is 0.484. The van der Waals surface area contributed by atoms with E-state index in [1.807, 2.05) is 91.0 Å². The normalized spacial score (nSPS) is 14.0. The molecule has 0 atom stereocenters. The van der Waals surface area contributed by atoms with Crippen LogP contribution in [0.2, 0.25) is 0 Å². The molecule has 0 aliphatic heterocycles. The van der Waals surface area contributed by atoms with Gasteiger partial charge in [-0.15, -0.1) is 0 Å². The molecule has 4 aromatic carbocycles. The van der Waals surface area contributed by atoms with E-state index in [-0.39, 0.29) is 30.2 Å². The van der Waals surface area contributed by atoms with Gasteiger partial charge in [0.15, 0.2) is 0 Å². The summed E-state index contributed by atoms with van der Waals surface area (Å²) in [4.78, 5) is 0. The molecule has 0 aliphatic rings.